The predicted molar refractivity (Wildman–Crippen MR) is 76.1 cm³/mol. The molecule has 0 saturated heterocycles. The van der Waals surface area contributed by atoms with Gasteiger partial charge >= 0.3 is 5.97 Å². The van der Waals surface area contributed by atoms with Crippen molar-refractivity contribution in [2.24, 2.45) is 5.92 Å². The maximum atomic E-state index is 11.9. The molecule has 0 fully saturated rings. The number of ether oxygens (including phenoxy) is 1. The smallest absolute Gasteiger partial charge is 0.311 e. The molecule has 4 heteroatoms. The first-order valence-corrected chi connectivity index (χ1v) is 6.88. The highest BCUT2D eigenvalue weighted by Gasteiger charge is 2.40. The van der Waals surface area contributed by atoms with E-state index in [1.807, 2.05) is 6.92 Å². The summed E-state index contributed by atoms with van der Waals surface area (Å²) >= 11 is 6.12. The van der Waals surface area contributed by atoms with E-state index in [2.05, 4.69) is 0 Å². The van der Waals surface area contributed by atoms with E-state index >= 15 is 0 Å². The summed E-state index contributed by atoms with van der Waals surface area (Å²) < 4.78 is 4.82. The van der Waals surface area contributed by atoms with Crippen molar-refractivity contribution in [3.63, 3.8) is 0 Å². The Hall–Kier alpha value is -1.06. The van der Waals surface area contributed by atoms with Crippen molar-refractivity contribution in [2.75, 3.05) is 7.11 Å². The lowest BCUT2D eigenvalue weighted by molar-refractivity contribution is -0.156. The van der Waals surface area contributed by atoms with Crippen molar-refractivity contribution < 1.29 is 14.6 Å². The van der Waals surface area contributed by atoms with E-state index < -0.39 is 17.5 Å². The second kappa shape index (κ2) is 6.92. The van der Waals surface area contributed by atoms with Crippen LogP contribution in [0.5, 0.6) is 0 Å². The van der Waals surface area contributed by atoms with Crippen LogP contribution in [0.15, 0.2) is 24.3 Å². The molecule has 1 N–H and O–H groups in total. The Labute approximate surface area is 119 Å². The van der Waals surface area contributed by atoms with Crippen LogP contribution < -0.4 is 0 Å². The van der Waals surface area contributed by atoms with Crippen molar-refractivity contribution >= 4 is 17.6 Å². The molecule has 1 aromatic rings. The number of unbranched alkanes of at least 4 members (excludes halogenated alkanes) is 1. The molecular formula is C15H21ClO3. The van der Waals surface area contributed by atoms with Crippen LogP contribution in [-0.4, -0.2) is 18.2 Å². The van der Waals surface area contributed by atoms with Gasteiger partial charge < -0.3 is 9.84 Å². The van der Waals surface area contributed by atoms with Gasteiger partial charge in [0, 0.05) is 10.6 Å². The lowest BCUT2D eigenvalue weighted by atomic mass is 9.80. The number of hydrogen-bond acceptors (Lipinski definition) is 3. The molecular weight excluding hydrogens is 264 g/mol. The Balaban J connectivity index is 3.11. The van der Waals surface area contributed by atoms with E-state index in [0.29, 0.717) is 17.0 Å². The fourth-order valence-corrected chi connectivity index (χ4v) is 2.57. The number of methoxy groups -OCH3 is 1. The normalized spacial score (nSPS) is 15.6. The van der Waals surface area contributed by atoms with E-state index in [9.17, 15) is 9.90 Å². The molecule has 0 amide bonds. The highest BCUT2D eigenvalue weighted by atomic mass is 35.5. The van der Waals surface area contributed by atoms with Crippen molar-refractivity contribution in [2.45, 2.75) is 38.7 Å². The summed E-state index contributed by atoms with van der Waals surface area (Å²) in [5, 5.41) is 11.2. The second-order valence-electron chi connectivity index (χ2n) is 4.85. The van der Waals surface area contributed by atoms with E-state index in [-0.39, 0.29) is 0 Å². The van der Waals surface area contributed by atoms with Gasteiger partial charge in [-0.15, -0.1) is 0 Å². The van der Waals surface area contributed by atoms with Gasteiger partial charge in [0.25, 0.3) is 0 Å². The summed E-state index contributed by atoms with van der Waals surface area (Å²) in [7, 11) is 1.34. The fourth-order valence-electron chi connectivity index (χ4n) is 2.24. The minimum atomic E-state index is -1.33. The number of esters is 1. The molecule has 2 atom stereocenters. The number of benzene rings is 1. The van der Waals surface area contributed by atoms with E-state index in [0.717, 1.165) is 12.8 Å². The van der Waals surface area contributed by atoms with Gasteiger partial charge in [0.2, 0.25) is 0 Å². The van der Waals surface area contributed by atoms with Crippen LogP contribution in [0.4, 0.5) is 0 Å². The third-order valence-electron chi connectivity index (χ3n) is 3.43. The van der Waals surface area contributed by atoms with Crippen LogP contribution in [-0.2, 0) is 15.1 Å². The molecule has 106 valence electrons. The molecule has 1 aromatic carbocycles. The minimum Gasteiger partial charge on any atom is -0.469 e. The zero-order valence-corrected chi connectivity index (χ0v) is 12.4. The Bertz CT molecular complexity index is 429. The molecule has 0 bridgehead atoms. The average molecular weight is 285 g/mol. The summed E-state index contributed by atoms with van der Waals surface area (Å²) in [5.74, 6) is -1.02. The van der Waals surface area contributed by atoms with Gasteiger partial charge in [-0.25, -0.2) is 0 Å². The highest BCUT2D eigenvalue weighted by molar-refractivity contribution is 6.31. The number of rotatable bonds is 6. The van der Waals surface area contributed by atoms with Crippen LogP contribution in [0.3, 0.4) is 0 Å². The van der Waals surface area contributed by atoms with Gasteiger partial charge in [-0.2, -0.15) is 0 Å². The molecule has 0 spiro atoms. The minimum absolute atomic E-state index is 0.404. The summed E-state index contributed by atoms with van der Waals surface area (Å²) in [6, 6.07) is 7.04. The van der Waals surface area contributed by atoms with E-state index in [4.69, 9.17) is 16.3 Å². The summed E-state index contributed by atoms with van der Waals surface area (Å²) in [5.41, 5.74) is -0.774. The monoisotopic (exact) mass is 284 g/mol. The fraction of sp³-hybridized carbons (Fsp3) is 0.533. The van der Waals surface area contributed by atoms with E-state index in [1.54, 1.807) is 31.2 Å². The number of halogens is 1. The third-order valence-corrected chi connectivity index (χ3v) is 3.76. The average Bonchev–Trinajstić information content (AvgIpc) is 2.38. The number of carbonyl (C=O) groups excluding carboxylic acids is 1. The largest absolute Gasteiger partial charge is 0.469 e. The lowest BCUT2D eigenvalue weighted by Crippen LogP contribution is -2.38. The van der Waals surface area contributed by atoms with Crippen molar-refractivity contribution in [1.29, 1.82) is 0 Å². The standard InChI is InChI=1S/C15H21ClO3/c1-4-5-8-12(14(17)19-3)15(2,18)11-9-6-7-10-13(11)16/h6-7,9-10,12,18H,4-5,8H2,1-3H3. The van der Waals surface area contributed by atoms with E-state index in [1.165, 1.54) is 7.11 Å². The Morgan fingerprint density at radius 2 is 2.11 bits per heavy atom. The molecule has 0 aromatic heterocycles. The van der Waals surface area contributed by atoms with Crippen LogP contribution in [0.25, 0.3) is 0 Å². The van der Waals surface area contributed by atoms with Crippen molar-refractivity contribution in [3.05, 3.63) is 34.9 Å². The molecule has 0 saturated carbocycles. The first kappa shape index (κ1) is 16.0. The van der Waals surface area contributed by atoms with Gasteiger partial charge in [-0.1, -0.05) is 49.6 Å². The van der Waals surface area contributed by atoms with Gasteiger partial charge in [-0.05, 0) is 19.4 Å². The number of carbonyl (C=O) groups is 1. The van der Waals surface area contributed by atoms with Crippen LogP contribution in [0.1, 0.15) is 38.7 Å². The number of aliphatic hydroxyl groups is 1. The lowest BCUT2D eigenvalue weighted by Gasteiger charge is -2.32. The Morgan fingerprint density at radius 1 is 1.47 bits per heavy atom. The SMILES string of the molecule is CCCCC(C(=O)OC)C(C)(O)c1ccccc1Cl. The molecule has 19 heavy (non-hydrogen) atoms. The zero-order chi connectivity index (χ0) is 14.5. The summed E-state index contributed by atoms with van der Waals surface area (Å²) in [6.45, 7) is 3.66. The third kappa shape index (κ3) is 3.71. The van der Waals surface area contributed by atoms with Gasteiger partial charge in [0.15, 0.2) is 0 Å². The first-order chi connectivity index (χ1) is 8.95. The van der Waals surface area contributed by atoms with Gasteiger partial charge in [0.1, 0.15) is 5.60 Å². The van der Waals surface area contributed by atoms with Crippen molar-refractivity contribution in [1.82, 2.24) is 0 Å². The molecule has 1 rings (SSSR count). The van der Waals surface area contributed by atoms with Gasteiger partial charge in [-0.3, -0.25) is 4.79 Å². The van der Waals surface area contributed by atoms with Crippen LogP contribution >= 0.6 is 11.6 Å². The maximum Gasteiger partial charge on any atom is 0.311 e. The van der Waals surface area contributed by atoms with Crippen molar-refractivity contribution in [3.8, 4) is 0 Å². The van der Waals surface area contributed by atoms with Crippen LogP contribution in [0, 0.1) is 5.92 Å². The Kier molecular flexibility index (Phi) is 5.83. The molecule has 0 aliphatic heterocycles. The quantitative estimate of drug-likeness (QED) is 0.813. The maximum absolute atomic E-state index is 11.9. The highest BCUT2D eigenvalue weighted by Crippen LogP contribution is 2.37. The van der Waals surface area contributed by atoms with Gasteiger partial charge in [0.05, 0.1) is 13.0 Å². The topological polar surface area (TPSA) is 46.5 Å². The molecule has 0 aliphatic rings. The molecule has 0 heterocycles. The molecule has 2 unspecified atom stereocenters. The second-order valence-corrected chi connectivity index (χ2v) is 5.25. The first-order valence-electron chi connectivity index (χ1n) is 6.50. The predicted octanol–water partition coefficient (Wildman–Crippen LogP) is 3.53. The summed E-state index contributed by atoms with van der Waals surface area (Å²) in [6.07, 6.45) is 2.37. The number of hydrogen-bond donors (Lipinski definition) is 1. The molecule has 3 nitrogen and oxygen atoms in total. The zero-order valence-electron chi connectivity index (χ0n) is 11.6. The molecule has 0 aliphatic carbocycles. The van der Waals surface area contributed by atoms with Crippen LogP contribution in [0.2, 0.25) is 5.02 Å². The molecule has 0 radical (unpaired) electrons. The summed E-state index contributed by atoms with van der Waals surface area (Å²) in [4.78, 5) is 11.9. The Morgan fingerprint density at radius 3 is 2.63 bits per heavy atom.